The molecule has 2 atom stereocenters. The minimum Gasteiger partial charge on any atom is -0.0711 e. The van der Waals surface area contributed by atoms with E-state index in [1.54, 1.807) is 0 Å². The Labute approximate surface area is 149 Å². The van der Waals surface area contributed by atoms with E-state index in [1.165, 1.54) is 25.5 Å². The summed E-state index contributed by atoms with van der Waals surface area (Å²) in [5.41, 5.74) is 0.895. The fourth-order valence-corrected chi connectivity index (χ4v) is 4.40. The topological polar surface area (TPSA) is 0 Å². The van der Waals surface area contributed by atoms with Gasteiger partial charge in [-0.3, -0.25) is 0 Å². The maximum absolute atomic E-state index is 2.51. The molecule has 0 aliphatic carbocycles. The molecule has 0 rings (SSSR count). The van der Waals surface area contributed by atoms with Crippen LogP contribution in [0.1, 0.15) is 95.9 Å². The molecule has 0 heterocycles. The molecule has 1 heteroatoms. The van der Waals surface area contributed by atoms with Crippen LogP contribution in [0.2, 0.25) is 18.0 Å². The summed E-state index contributed by atoms with van der Waals surface area (Å²) in [6.07, 6.45) is 5.45. The van der Waals surface area contributed by atoms with Gasteiger partial charge in [0.05, 0.1) is 0 Å². The van der Waals surface area contributed by atoms with Gasteiger partial charge >= 0.3 is 0 Å². The van der Waals surface area contributed by atoms with Gasteiger partial charge in [-0.05, 0) is 29.6 Å². The normalized spacial score (nSPS) is 16.6. The molecule has 0 aromatic carbocycles. The monoisotopic (exact) mass is 322 g/mol. The van der Waals surface area contributed by atoms with Crippen molar-refractivity contribution in [3.8, 4) is 0 Å². The molecule has 0 amide bonds. The molecule has 0 bridgehead atoms. The Bertz CT molecular complexity index is 303. The minimum absolute atomic E-state index is 0.429. The Morgan fingerprint density at radius 1 is 0.609 bits per heavy atom. The van der Waals surface area contributed by atoms with Gasteiger partial charge in [0.25, 0.3) is 0 Å². The van der Waals surface area contributed by atoms with E-state index < -0.39 is 0 Å². The van der Waals surface area contributed by atoms with Crippen molar-refractivity contribution in [1.29, 1.82) is 0 Å². The van der Waals surface area contributed by atoms with Gasteiger partial charge in [0, 0.05) is 0 Å². The Kier molecular flexibility index (Phi) is 8.46. The Balaban J connectivity index is 5.04. The molecule has 0 fully saturated rings. The van der Waals surface area contributed by atoms with Crippen molar-refractivity contribution in [2.24, 2.45) is 28.6 Å². The molecule has 2 unspecified atom stereocenters. The highest BCUT2D eigenvalue weighted by molar-refractivity contribution is 6.62. The first kappa shape index (κ1) is 23.1. The lowest BCUT2D eigenvalue weighted by Crippen LogP contribution is -2.36. The van der Waals surface area contributed by atoms with Crippen LogP contribution in [0.3, 0.4) is 0 Å². The zero-order valence-corrected chi connectivity index (χ0v) is 18.6. The van der Waals surface area contributed by atoms with Crippen LogP contribution in [0, 0.1) is 28.6 Å². The molecule has 0 radical (unpaired) electrons. The average Bonchev–Trinajstić information content (AvgIpc) is 2.22. The van der Waals surface area contributed by atoms with Gasteiger partial charge in [-0.15, -0.1) is 0 Å². The van der Waals surface area contributed by atoms with E-state index in [4.69, 9.17) is 0 Å². The summed E-state index contributed by atoms with van der Waals surface area (Å²) in [5.74, 6) is 2.39. The molecule has 0 aromatic rings. The largest absolute Gasteiger partial charge is 0.146 e. The van der Waals surface area contributed by atoms with Gasteiger partial charge < -0.3 is 0 Å². The van der Waals surface area contributed by atoms with Crippen LogP contribution in [0.15, 0.2) is 0 Å². The lowest BCUT2D eigenvalue weighted by molar-refractivity contribution is 0.309. The standard InChI is InChI=1S/C22H47B/c1-17(2)22(11,12)23(15-18(3)13-20(5,6)7)16-19(4)14-21(8,9)10/h17-19H,13-16H2,1-12H3. The first-order chi connectivity index (χ1) is 10.0. The van der Waals surface area contributed by atoms with E-state index in [9.17, 15) is 0 Å². The molecule has 0 aromatic heterocycles. The summed E-state index contributed by atoms with van der Waals surface area (Å²) in [5, 5.41) is 0.429. The second-order valence-corrected chi connectivity index (χ2v) is 11.9. The summed E-state index contributed by atoms with van der Waals surface area (Å²) in [6, 6.07) is 0. The predicted molar refractivity (Wildman–Crippen MR) is 111 cm³/mol. The molecule has 0 spiro atoms. The van der Waals surface area contributed by atoms with Crippen molar-refractivity contribution < 1.29 is 0 Å². The first-order valence-electron chi connectivity index (χ1n) is 10.0. The first-order valence-corrected chi connectivity index (χ1v) is 10.0. The lowest BCUT2D eigenvalue weighted by Gasteiger charge is -2.40. The van der Waals surface area contributed by atoms with Crippen molar-refractivity contribution in [2.75, 3.05) is 0 Å². The summed E-state index contributed by atoms with van der Waals surface area (Å²) >= 11 is 0. The van der Waals surface area contributed by atoms with Crippen LogP contribution >= 0.6 is 0 Å². The lowest BCUT2D eigenvalue weighted by atomic mass is 9.26. The van der Waals surface area contributed by atoms with E-state index in [1.807, 2.05) is 0 Å². The molecule has 0 aliphatic rings. The highest BCUT2D eigenvalue weighted by Gasteiger charge is 2.37. The van der Waals surface area contributed by atoms with Crippen LogP contribution in [0.25, 0.3) is 0 Å². The predicted octanol–water partition coefficient (Wildman–Crippen LogP) is 8.06. The molecular weight excluding hydrogens is 275 g/mol. The molecule has 0 saturated carbocycles. The number of hydrogen-bond donors (Lipinski definition) is 0. The molecule has 23 heavy (non-hydrogen) atoms. The summed E-state index contributed by atoms with van der Waals surface area (Å²) in [6.45, 7) is 29.9. The van der Waals surface area contributed by atoms with Crippen molar-refractivity contribution in [3.05, 3.63) is 0 Å². The Morgan fingerprint density at radius 2 is 0.913 bits per heavy atom. The van der Waals surface area contributed by atoms with E-state index in [0.717, 1.165) is 24.5 Å². The highest BCUT2D eigenvalue weighted by Crippen LogP contribution is 2.45. The van der Waals surface area contributed by atoms with Crippen molar-refractivity contribution in [2.45, 2.75) is 114 Å². The average molecular weight is 322 g/mol. The highest BCUT2D eigenvalue weighted by atomic mass is 14.3. The summed E-state index contributed by atoms with van der Waals surface area (Å²) in [7, 11) is 0. The van der Waals surface area contributed by atoms with Gasteiger partial charge in [-0.25, -0.2) is 0 Å². The van der Waals surface area contributed by atoms with E-state index >= 15 is 0 Å². The minimum atomic E-state index is 0.429. The zero-order valence-electron chi connectivity index (χ0n) is 18.6. The van der Waals surface area contributed by atoms with E-state index in [0.29, 0.717) is 16.1 Å². The third kappa shape index (κ3) is 9.83. The third-order valence-corrected chi connectivity index (χ3v) is 5.84. The zero-order chi connectivity index (χ0) is 18.6. The van der Waals surface area contributed by atoms with Crippen LogP contribution in [-0.4, -0.2) is 6.71 Å². The maximum Gasteiger partial charge on any atom is 0.146 e. The van der Waals surface area contributed by atoms with Crippen molar-refractivity contribution in [1.82, 2.24) is 0 Å². The second kappa shape index (κ2) is 8.44. The quantitative estimate of drug-likeness (QED) is 0.396. The third-order valence-electron chi connectivity index (χ3n) is 5.84. The van der Waals surface area contributed by atoms with Crippen LogP contribution < -0.4 is 0 Å². The SMILES string of the molecule is CC(CB(CC(C)CC(C)(C)C)C(C)(C)C(C)C)CC(C)(C)C. The van der Waals surface area contributed by atoms with Gasteiger partial charge in [0.2, 0.25) is 0 Å². The number of rotatable bonds is 8. The second-order valence-electron chi connectivity index (χ2n) is 11.9. The molecule has 0 N–H and O–H groups in total. The molecule has 0 saturated heterocycles. The van der Waals surface area contributed by atoms with Crippen molar-refractivity contribution in [3.63, 3.8) is 0 Å². The van der Waals surface area contributed by atoms with Crippen LogP contribution in [-0.2, 0) is 0 Å². The maximum atomic E-state index is 2.51. The van der Waals surface area contributed by atoms with E-state index in [-0.39, 0.29) is 0 Å². The number of hydrogen-bond acceptors (Lipinski definition) is 0. The smallest absolute Gasteiger partial charge is 0.0711 e. The van der Waals surface area contributed by atoms with Crippen LogP contribution in [0.4, 0.5) is 0 Å². The van der Waals surface area contributed by atoms with Gasteiger partial charge in [0.1, 0.15) is 6.71 Å². The molecule has 0 aliphatic heterocycles. The van der Waals surface area contributed by atoms with E-state index in [2.05, 4.69) is 83.1 Å². The van der Waals surface area contributed by atoms with Crippen molar-refractivity contribution >= 4 is 6.71 Å². The van der Waals surface area contributed by atoms with Crippen LogP contribution in [0.5, 0.6) is 0 Å². The Morgan fingerprint density at radius 3 is 1.13 bits per heavy atom. The summed E-state index contributed by atoms with van der Waals surface area (Å²) < 4.78 is 0. The Hall–Kier alpha value is 0.0649. The van der Waals surface area contributed by atoms with Gasteiger partial charge in [0.15, 0.2) is 0 Å². The molecule has 138 valence electrons. The van der Waals surface area contributed by atoms with Gasteiger partial charge in [-0.1, -0.05) is 113 Å². The fourth-order valence-electron chi connectivity index (χ4n) is 4.40. The molecule has 0 nitrogen and oxygen atoms in total. The summed E-state index contributed by atoms with van der Waals surface area (Å²) in [4.78, 5) is 0. The van der Waals surface area contributed by atoms with Gasteiger partial charge in [-0.2, -0.15) is 0 Å². The molecular formula is C22H47B. The fraction of sp³-hybridized carbons (Fsp3) is 1.00.